The molecule has 0 amide bonds. The highest BCUT2D eigenvalue weighted by molar-refractivity contribution is 7.80. The molecule has 1 heterocycles. The molecule has 30 heavy (non-hydrogen) atoms. The van der Waals surface area contributed by atoms with Gasteiger partial charge in [0.05, 0.1) is 27.8 Å². The number of non-ortho nitro benzene ring substituents is 1. The number of thiophene rings is 1. The van der Waals surface area contributed by atoms with Gasteiger partial charge in [-0.05, 0) is 36.8 Å². The Hall–Kier alpha value is -3.01. The van der Waals surface area contributed by atoms with E-state index in [4.69, 9.17) is 28.6 Å². The highest BCUT2D eigenvalue weighted by atomic mass is 35.5. The molecule has 0 aliphatic heterocycles. The summed E-state index contributed by atoms with van der Waals surface area (Å²) in [5.74, 6) is -0.463. The predicted molar refractivity (Wildman–Crippen MR) is 124 cm³/mol. The van der Waals surface area contributed by atoms with Gasteiger partial charge >= 0.3 is 5.97 Å². The topological polar surface area (TPSA) is 93.5 Å². The van der Waals surface area contributed by atoms with Gasteiger partial charge in [-0.15, -0.1) is 11.3 Å². The molecule has 1 aromatic heterocycles. The molecule has 2 N–H and O–H groups in total. The van der Waals surface area contributed by atoms with Crippen LogP contribution in [-0.2, 0) is 4.74 Å². The maximum absolute atomic E-state index is 12.4. The van der Waals surface area contributed by atoms with Crippen molar-refractivity contribution in [3.63, 3.8) is 0 Å². The van der Waals surface area contributed by atoms with E-state index in [-0.39, 0.29) is 22.4 Å². The van der Waals surface area contributed by atoms with E-state index < -0.39 is 10.9 Å². The van der Waals surface area contributed by atoms with Crippen molar-refractivity contribution >= 4 is 62.6 Å². The van der Waals surface area contributed by atoms with Crippen LogP contribution in [0.4, 0.5) is 16.4 Å². The molecular formula is C20H16ClN3O4S2. The van der Waals surface area contributed by atoms with Gasteiger partial charge in [-0.25, -0.2) is 4.79 Å². The van der Waals surface area contributed by atoms with E-state index in [0.29, 0.717) is 16.3 Å². The third-order valence-electron chi connectivity index (χ3n) is 3.92. The molecule has 0 atom stereocenters. The summed E-state index contributed by atoms with van der Waals surface area (Å²) in [6.45, 7) is 1.98. The van der Waals surface area contributed by atoms with Crippen LogP contribution < -0.4 is 10.6 Å². The van der Waals surface area contributed by atoms with Crippen LogP contribution >= 0.6 is 35.2 Å². The molecule has 0 aliphatic rings. The Morgan fingerprint density at radius 3 is 2.57 bits per heavy atom. The van der Waals surface area contributed by atoms with Crippen molar-refractivity contribution < 1.29 is 14.5 Å². The molecule has 0 spiro atoms. The van der Waals surface area contributed by atoms with Crippen LogP contribution in [0.15, 0.2) is 54.6 Å². The maximum atomic E-state index is 12.4. The number of thiocarbonyl (C=S) groups is 1. The number of nitro groups is 1. The molecule has 2 aromatic carbocycles. The maximum Gasteiger partial charge on any atom is 0.341 e. The molecule has 3 aromatic rings. The first-order valence-corrected chi connectivity index (χ1v) is 10.4. The van der Waals surface area contributed by atoms with Crippen LogP contribution in [0.25, 0.3) is 10.4 Å². The van der Waals surface area contributed by atoms with Crippen LogP contribution in [0.3, 0.4) is 0 Å². The Labute approximate surface area is 186 Å². The zero-order chi connectivity index (χ0) is 21.7. The Morgan fingerprint density at radius 2 is 1.93 bits per heavy atom. The lowest BCUT2D eigenvalue weighted by Crippen LogP contribution is -2.20. The largest absolute Gasteiger partial charge is 0.462 e. The number of rotatable bonds is 6. The van der Waals surface area contributed by atoms with Gasteiger partial charge in [-0.2, -0.15) is 0 Å². The summed E-state index contributed by atoms with van der Waals surface area (Å²) < 4.78 is 5.15. The van der Waals surface area contributed by atoms with E-state index >= 15 is 0 Å². The van der Waals surface area contributed by atoms with Crippen LogP contribution in [-0.4, -0.2) is 22.6 Å². The first-order valence-electron chi connectivity index (χ1n) is 8.77. The third-order valence-corrected chi connectivity index (χ3v) is 5.54. The molecule has 0 radical (unpaired) electrons. The quantitative estimate of drug-likeness (QED) is 0.202. The van der Waals surface area contributed by atoms with E-state index in [1.165, 1.54) is 29.5 Å². The van der Waals surface area contributed by atoms with E-state index in [1.54, 1.807) is 13.0 Å². The summed E-state index contributed by atoms with van der Waals surface area (Å²) in [6.07, 6.45) is 0. The SMILES string of the molecule is CCOC(=O)c1cc(-c2ccccc2)sc1NC(=S)Nc1ccc([N+](=O)[O-])cc1Cl. The zero-order valence-corrected chi connectivity index (χ0v) is 18.1. The van der Waals surface area contributed by atoms with Gasteiger partial charge in [0.2, 0.25) is 0 Å². The van der Waals surface area contributed by atoms with Crippen molar-refractivity contribution in [2.24, 2.45) is 0 Å². The molecule has 7 nitrogen and oxygen atoms in total. The molecule has 3 rings (SSSR count). The smallest absolute Gasteiger partial charge is 0.341 e. The molecule has 0 unspecified atom stereocenters. The highest BCUT2D eigenvalue weighted by Crippen LogP contribution is 2.36. The minimum absolute atomic E-state index is 0.125. The molecule has 0 bridgehead atoms. The van der Waals surface area contributed by atoms with Gasteiger partial charge in [0.1, 0.15) is 5.00 Å². The highest BCUT2D eigenvalue weighted by Gasteiger charge is 2.19. The number of carbonyl (C=O) groups is 1. The summed E-state index contributed by atoms with van der Waals surface area (Å²) in [7, 11) is 0. The van der Waals surface area contributed by atoms with Gasteiger partial charge in [-0.1, -0.05) is 41.9 Å². The number of hydrogen-bond donors (Lipinski definition) is 2. The number of carbonyl (C=O) groups excluding carboxylic acids is 1. The molecule has 0 fully saturated rings. The lowest BCUT2D eigenvalue weighted by molar-refractivity contribution is -0.384. The summed E-state index contributed by atoms with van der Waals surface area (Å²) in [4.78, 5) is 23.6. The molecule has 154 valence electrons. The molecule has 0 saturated heterocycles. The number of benzene rings is 2. The fraction of sp³-hybridized carbons (Fsp3) is 0.100. The lowest BCUT2D eigenvalue weighted by Gasteiger charge is -2.11. The van der Waals surface area contributed by atoms with E-state index in [2.05, 4.69) is 10.6 Å². The normalized spacial score (nSPS) is 10.3. The van der Waals surface area contributed by atoms with Crippen LogP contribution in [0, 0.1) is 10.1 Å². The number of anilines is 2. The Balaban J connectivity index is 1.84. The van der Waals surface area contributed by atoms with Gasteiger partial charge in [0, 0.05) is 17.0 Å². The van der Waals surface area contributed by atoms with Crippen molar-refractivity contribution in [2.45, 2.75) is 6.92 Å². The number of nitrogens with zero attached hydrogens (tertiary/aromatic N) is 1. The average Bonchev–Trinajstić information content (AvgIpc) is 3.14. The number of esters is 1. The van der Waals surface area contributed by atoms with Gasteiger partial charge in [-0.3, -0.25) is 10.1 Å². The second-order valence-electron chi connectivity index (χ2n) is 5.94. The summed E-state index contributed by atoms with van der Waals surface area (Å²) in [6, 6.07) is 15.4. The second-order valence-corrected chi connectivity index (χ2v) is 7.81. The van der Waals surface area contributed by atoms with E-state index in [9.17, 15) is 14.9 Å². The van der Waals surface area contributed by atoms with Gasteiger partial charge in [0.15, 0.2) is 5.11 Å². The Morgan fingerprint density at radius 1 is 1.20 bits per heavy atom. The lowest BCUT2D eigenvalue weighted by atomic mass is 10.1. The summed E-state index contributed by atoms with van der Waals surface area (Å²) in [5, 5.41) is 17.6. The summed E-state index contributed by atoms with van der Waals surface area (Å²) in [5.41, 5.74) is 1.59. The van der Waals surface area contributed by atoms with Crippen molar-refractivity contribution in [1.29, 1.82) is 0 Å². The van der Waals surface area contributed by atoms with Crippen LogP contribution in [0.5, 0.6) is 0 Å². The minimum Gasteiger partial charge on any atom is -0.462 e. The third kappa shape index (κ3) is 5.12. The standard InChI is InChI=1S/C20H16ClN3O4S2/c1-2-28-19(25)14-11-17(12-6-4-3-5-7-12)30-18(14)23-20(29)22-16-9-8-13(24(26)27)10-15(16)21/h3-11H,2H2,1H3,(H2,22,23,29). The fourth-order valence-electron chi connectivity index (χ4n) is 2.56. The summed E-state index contributed by atoms with van der Waals surface area (Å²) >= 11 is 12.8. The Kier molecular flexibility index (Phi) is 6.99. The average molecular weight is 462 g/mol. The number of nitrogens with one attached hydrogen (secondary N) is 2. The van der Waals surface area contributed by atoms with Gasteiger partial charge in [0.25, 0.3) is 5.69 Å². The Bertz CT molecular complexity index is 1100. The first kappa shape index (κ1) is 21.7. The monoisotopic (exact) mass is 461 g/mol. The van der Waals surface area contributed by atoms with Crippen LogP contribution in [0.1, 0.15) is 17.3 Å². The number of hydrogen-bond acceptors (Lipinski definition) is 6. The van der Waals surface area contributed by atoms with Crippen molar-refractivity contribution in [2.75, 3.05) is 17.2 Å². The molecular weight excluding hydrogens is 446 g/mol. The number of ether oxygens (including phenoxy) is 1. The van der Waals surface area contributed by atoms with E-state index in [1.807, 2.05) is 30.3 Å². The van der Waals surface area contributed by atoms with Crippen LogP contribution in [0.2, 0.25) is 5.02 Å². The van der Waals surface area contributed by atoms with Crippen molar-refractivity contribution in [3.05, 3.63) is 75.3 Å². The molecule has 0 saturated carbocycles. The fourth-order valence-corrected chi connectivity index (χ4v) is 4.12. The van der Waals surface area contributed by atoms with E-state index in [0.717, 1.165) is 10.4 Å². The van der Waals surface area contributed by atoms with Crippen molar-refractivity contribution in [1.82, 2.24) is 0 Å². The first-order chi connectivity index (χ1) is 14.4. The zero-order valence-electron chi connectivity index (χ0n) is 15.7. The van der Waals surface area contributed by atoms with Gasteiger partial charge < -0.3 is 15.4 Å². The number of halogens is 1. The van der Waals surface area contributed by atoms with Crippen molar-refractivity contribution in [3.8, 4) is 10.4 Å². The molecule has 0 aliphatic carbocycles. The second kappa shape index (κ2) is 9.66. The molecule has 10 heteroatoms. The predicted octanol–water partition coefficient (Wildman–Crippen LogP) is 5.96. The minimum atomic E-state index is -0.533. The number of nitro benzene ring substituents is 1.